The van der Waals surface area contributed by atoms with Gasteiger partial charge in [0, 0.05) is 12.2 Å². The number of hydrogen-bond acceptors (Lipinski definition) is 6. The van der Waals surface area contributed by atoms with Gasteiger partial charge in [-0.1, -0.05) is 6.58 Å². The molecule has 0 aliphatic carbocycles. The molecule has 0 aliphatic heterocycles. The van der Waals surface area contributed by atoms with Crippen LogP contribution in [0.15, 0.2) is 12.2 Å². The Kier molecular flexibility index (Phi) is 5.77. The number of carbonyl (C=O) groups excluding carboxylic acids is 2. The molecule has 0 aliphatic rings. The summed E-state index contributed by atoms with van der Waals surface area (Å²) in [6.07, 6.45) is -1.29. The van der Waals surface area contributed by atoms with Crippen molar-refractivity contribution in [2.75, 3.05) is 19.9 Å². The molecule has 0 saturated carbocycles. The molecule has 0 heterocycles. The van der Waals surface area contributed by atoms with Crippen molar-refractivity contribution in [3.05, 3.63) is 12.2 Å². The molecule has 0 rings (SSSR count). The second-order valence-electron chi connectivity index (χ2n) is 2.91. The Morgan fingerprint density at radius 1 is 1.31 bits per heavy atom. The van der Waals surface area contributed by atoms with Crippen molar-refractivity contribution >= 4 is 19.7 Å². The third-order valence-electron chi connectivity index (χ3n) is 1.13. The summed E-state index contributed by atoms with van der Waals surface area (Å²) in [6, 6.07) is 0. The topological polar surface area (TPSA) is 99.1 Å². The minimum Gasteiger partial charge on any atom is -0.459 e. The van der Waals surface area contributed by atoms with Crippen LogP contribution < -0.4 is 0 Å². The van der Waals surface area contributed by atoms with Gasteiger partial charge in [0.1, 0.15) is 13.2 Å². The van der Waals surface area contributed by atoms with E-state index in [1.807, 2.05) is 0 Å². The molecule has 0 saturated heterocycles. The first-order valence-electron chi connectivity index (χ1n) is 4.21. The van der Waals surface area contributed by atoms with Gasteiger partial charge in [0.15, 0.2) is 0 Å². The van der Waals surface area contributed by atoms with E-state index in [2.05, 4.69) is 20.6 Å². The summed E-state index contributed by atoms with van der Waals surface area (Å²) in [5.74, 6) is -0.611. The fraction of sp³-hybridized carbons (Fsp3) is 0.500. The van der Waals surface area contributed by atoms with Crippen molar-refractivity contribution in [1.82, 2.24) is 0 Å². The Morgan fingerprint density at radius 2 is 1.81 bits per heavy atom. The third kappa shape index (κ3) is 8.02. The zero-order valence-electron chi connectivity index (χ0n) is 8.97. The lowest BCUT2D eigenvalue weighted by atomic mass is 10.4. The van der Waals surface area contributed by atoms with Crippen LogP contribution in [0.1, 0.15) is 6.92 Å². The van der Waals surface area contributed by atoms with Gasteiger partial charge >= 0.3 is 19.7 Å². The Balaban J connectivity index is 3.68. The van der Waals surface area contributed by atoms with Crippen LogP contribution >= 0.6 is 7.60 Å². The first-order valence-corrected chi connectivity index (χ1v) is 6.24. The van der Waals surface area contributed by atoms with Crippen LogP contribution in [-0.4, -0.2) is 36.9 Å². The van der Waals surface area contributed by atoms with Gasteiger partial charge in [0.25, 0.3) is 0 Å². The van der Waals surface area contributed by atoms with Gasteiger partial charge in [-0.25, -0.2) is 14.2 Å². The second kappa shape index (κ2) is 6.30. The van der Waals surface area contributed by atoms with Crippen molar-refractivity contribution < 1.29 is 33.0 Å². The summed E-state index contributed by atoms with van der Waals surface area (Å²) in [4.78, 5) is 30.2. The van der Waals surface area contributed by atoms with E-state index in [0.29, 0.717) is 0 Å². The van der Waals surface area contributed by atoms with Crippen LogP contribution in [0.3, 0.4) is 0 Å². The summed E-state index contributed by atoms with van der Waals surface area (Å²) < 4.78 is 23.5. The van der Waals surface area contributed by atoms with Crippen molar-refractivity contribution in [3.8, 4) is 0 Å². The lowest BCUT2D eigenvalue weighted by molar-refractivity contribution is -0.140. The maximum Gasteiger partial charge on any atom is 0.515 e. The van der Waals surface area contributed by atoms with E-state index in [9.17, 15) is 14.2 Å². The van der Waals surface area contributed by atoms with Gasteiger partial charge in [-0.3, -0.25) is 0 Å². The minimum atomic E-state index is -3.90. The third-order valence-corrected chi connectivity index (χ3v) is 1.62. The summed E-state index contributed by atoms with van der Waals surface area (Å²) >= 11 is 0. The van der Waals surface area contributed by atoms with Gasteiger partial charge in [-0.15, -0.1) is 0 Å². The van der Waals surface area contributed by atoms with E-state index >= 15 is 0 Å². The number of ether oxygens (including phenoxy) is 2. The molecule has 16 heavy (non-hydrogen) atoms. The smallest absolute Gasteiger partial charge is 0.459 e. The van der Waals surface area contributed by atoms with Crippen LogP contribution in [0.4, 0.5) is 4.79 Å². The van der Waals surface area contributed by atoms with Gasteiger partial charge in [-0.05, 0) is 6.92 Å². The average molecular weight is 252 g/mol. The van der Waals surface area contributed by atoms with E-state index in [1.54, 1.807) is 0 Å². The molecule has 0 bridgehead atoms. The molecule has 0 aromatic carbocycles. The standard InChI is InChI=1S/C8H13O7P/c1-6(2)7(9)13-4-5-14-8(10)15-16(3,11)12/h1,4-5H2,2-3H3,(H,11,12). The number of esters is 1. The first kappa shape index (κ1) is 14.7. The molecule has 0 spiro atoms. The maximum atomic E-state index is 10.8. The molecule has 0 aromatic heterocycles. The number of carbonyl (C=O) groups is 2. The molecule has 1 N–H and O–H groups in total. The van der Waals surface area contributed by atoms with E-state index in [-0.39, 0.29) is 18.8 Å². The molecule has 0 aromatic rings. The quantitative estimate of drug-likeness (QED) is 0.338. The van der Waals surface area contributed by atoms with Crippen LogP contribution in [0.2, 0.25) is 0 Å². The number of hydrogen-bond donors (Lipinski definition) is 1. The largest absolute Gasteiger partial charge is 0.515 e. The maximum absolute atomic E-state index is 10.8. The Labute approximate surface area is 92.5 Å². The van der Waals surface area contributed by atoms with Crippen molar-refractivity contribution in [3.63, 3.8) is 0 Å². The summed E-state index contributed by atoms with van der Waals surface area (Å²) in [5, 5.41) is 0. The average Bonchev–Trinajstić information content (AvgIpc) is 2.08. The highest BCUT2D eigenvalue weighted by atomic mass is 31.2. The van der Waals surface area contributed by atoms with Crippen LogP contribution in [-0.2, 0) is 23.4 Å². The molecule has 7 nitrogen and oxygen atoms in total. The molecular weight excluding hydrogens is 239 g/mol. The molecule has 0 fully saturated rings. The predicted octanol–water partition coefficient (Wildman–Crippen LogP) is 1.07. The predicted molar refractivity (Wildman–Crippen MR) is 54.0 cm³/mol. The Hall–Kier alpha value is -1.33. The molecule has 92 valence electrons. The van der Waals surface area contributed by atoms with Crippen molar-refractivity contribution in [2.45, 2.75) is 6.92 Å². The molecule has 0 radical (unpaired) electrons. The zero-order valence-corrected chi connectivity index (χ0v) is 9.86. The summed E-state index contributed by atoms with van der Waals surface area (Å²) in [6.45, 7) is 5.21. The van der Waals surface area contributed by atoms with E-state index in [4.69, 9.17) is 4.89 Å². The van der Waals surface area contributed by atoms with Crippen LogP contribution in [0.25, 0.3) is 0 Å². The van der Waals surface area contributed by atoms with E-state index < -0.39 is 19.7 Å². The van der Waals surface area contributed by atoms with Gasteiger partial charge < -0.3 is 18.9 Å². The lowest BCUT2D eigenvalue weighted by Gasteiger charge is -2.08. The van der Waals surface area contributed by atoms with Crippen LogP contribution in [0.5, 0.6) is 0 Å². The molecule has 1 unspecified atom stereocenters. The van der Waals surface area contributed by atoms with Gasteiger partial charge in [-0.2, -0.15) is 0 Å². The Morgan fingerprint density at radius 3 is 2.25 bits per heavy atom. The SMILES string of the molecule is C=C(C)C(=O)OCCOC(=O)OP(C)(=O)O. The van der Waals surface area contributed by atoms with Crippen LogP contribution in [0, 0.1) is 0 Å². The first-order chi connectivity index (χ1) is 7.22. The fourth-order valence-corrected chi connectivity index (χ4v) is 0.877. The normalized spacial score (nSPS) is 13.4. The Bertz CT molecular complexity index is 329. The highest BCUT2D eigenvalue weighted by Gasteiger charge is 2.17. The summed E-state index contributed by atoms with van der Waals surface area (Å²) in [7, 11) is -3.90. The van der Waals surface area contributed by atoms with Gasteiger partial charge in [0.05, 0.1) is 0 Å². The molecular formula is C8H13O7P. The fourth-order valence-electron chi connectivity index (χ4n) is 0.547. The highest BCUT2D eigenvalue weighted by Crippen LogP contribution is 2.36. The van der Waals surface area contributed by atoms with Crippen molar-refractivity contribution in [2.24, 2.45) is 0 Å². The van der Waals surface area contributed by atoms with Crippen molar-refractivity contribution in [1.29, 1.82) is 0 Å². The molecule has 0 amide bonds. The number of rotatable bonds is 5. The molecule has 1 atom stereocenters. The zero-order chi connectivity index (χ0) is 12.8. The second-order valence-corrected chi connectivity index (χ2v) is 4.70. The minimum absolute atomic E-state index is 0.180. The van der Waals surface area contributed by atoms with Gasteiger partial charge in [0.2, 0.25) is 0 Å². The lowest BCUT2D eigenvalue weighted by Crippen LogP contribution is -2.14. The van der Waals surface area contributed by atoms with E-state index in [1.165, 1.54) is 6.92 Å². The molecule has 8 heteroatoms. The van der Waals surface area contributed by atoms with E-state index in [0.717, 1.165) is 6.66 Å². The monoisotopic (exact) mass is 252 g/mol. The highest BCUT2D eigenvalue weighted by molar-refractivity contribution is 7.52. The summed E-state index contributed by atoms with van der Waals surface area (Å²) in [5.41, 5.74) is 0.219.